The van der Waals surface area contributed by atoms with Crippen molar-refractivity contribution in [1.82, 2.24) is 10.2 Å². The summed E-state index contributed by atoms with van der Waals surface area (Å²) in [5.74, 6) is 0.0999. The van der Waals surface area contributed by atoms with Crippen LogP contribution in [0, 0.1) is 3.57 Å². The summed E-state index contributed by atoms with van der Waals surface area (Å²) in [5.41, 5.74) is 1.36. The van der Waals surface area contributed by atoms with E-state index in [0.717, 1.165) is 13.0 Å². The molecule has 0 bridgehead atoms. The van der Waals surface area contributed by atoms with E-state index in [1.54, 1.807) is 7.05 Å². The van der Waals surface area contributed by atoms with Gasteiger partial charge in [-0.3, -0.25) is 9.69 Å². The molecule has 1 atom stereocenters. The number of hydrogen-bond donors (Lipinski definition) is 1. The van der Waals surface area contributed by atoms with E-state index in [9.17, 15) is 4.79 Å². The fraction of sp³-hybridized carbons (Fsp3) is 0.462. The maximum absolute atomic E-state index is 11.5. The van der Waals surface area contributed by atoms with Crippen molar-refractivity contribution in [1.29, 1.82) is 0 Å². The van der Waals surface area contributed by atoms with Crippen molar-refractivity contribution in [3.8, 4) is 0 Å². The molecule has 1 aliphatic rings. The van der Waals surface area contributed by atoms with E-state index in [0.29, 0.717) is 12.6 Å². The van der Waals surface area contributed by atoms with Crippen LogP contribution in [0.1, 0.15) is 24.4 Å². The average Bonchev–Trinajstić information content (AvgIpc) is 2.77. The summed E-state index contributed by atoms with van der Waals surface area (Å²) in [6.07, 6.45) is 2.32. The van der Waals surface area contributed by atoms with Crippen LogP contribution >= 0.6 is 22.6 Å². The molecule has 3 nitrogen and oxygen atoms in total. The van der Waals surface area contributed by atoms with Gasteiger partial charge in [0.2, 0.25) is 5.91 Å². The smallest absolute Gasteiger partial charge is 0.233 e. The minimum Gasteiger partial charge on any atom is -0.358 e. The number of halogens is 1. The second-order valence-electron chi connectivity index (χ2n) is 4.32. The highest BCUT2D eigenvalue weighted by molar-refractivity contribution is 14.1. The summed E-state index contributed by atoms with van der Waals surface area (Å²) in [7, 11) is 1.69. The van der Waals surface area contributed by atoms with Gasteiger partial charge in [0, 0.05) is 16.7 Å². The Labute approximate surface area is 116 Å². The number of carbonyl (C=O) groups excluding carboxylic acids is 1. The number of hydrogen-bond acceptors (Lipinski definition) is 2. The zero-order chi connectivity index (χ0) is 12.3. The van der Waals surface area contributed by atoms with Gasteiger partial charge in [-0.2, -0.15) is 0 Å². The first-order valence-electron chi connectivity index (χ1n) is 5.91. The molecular weight excluding hydrogens is 327 g/mol. The predicted molar refractivity (Wildman–Crippen MR) is 76.8 cm³/mol. The topological polar surface area (TPSA) is 32.3 Å². The first-order chi connectivity index (χ1) is 8.22. The molecule has 1 heterocycles. The molecule has 0 aromatic heterocycles. The Morgan fingerprint density at radius 3 is 3.00 bits per heavy atom. The number of rotatable bonds is 3. The van der Waals surface area contributed by atoms with Crippen LogP contribution in [0.2, 0.25) is 0 Å². The largest absolute Gasteiger partial charge is 0.358 e. The summed E-state index contributed by atoms with van der Waals surface area (Å²) >= 11 is 2.38. The van der Waals surface area contributed by atoms with Crippen molar-refractivity contribution in [3.05, 3.63) is 33.4 Å². The standard InChI is InChI=1S/C13H17IN2O/c1-15-13(17)9-16-8-4-7-12(16)10-5-2-3-6-11(10)14/h2-3,5-6,12H,4,7-9H2,1H3,(H,15,17)/t12-/m1/s1. The Hall–Kier alpha value is -0.620. The minimum atomic E-state index is 0.0999. The molecule has 1 N–H and O–H groups in total. The molecule has 92 valence electrons. The third-order valence-corrected chi connectivity index (χ3v) is 4.24. The van der Waals surface area contributed by atoms with Crippen molar-refractivity contribution in [3.63, 3.8) is 0 Å². The van der Waals surface area contributed by atoms with Crippen LogP contribution in [0.15, 0.2) is 24.3 Å². The molecule has 1 aromatic carbocycles. The molecule has 1 aliphatic heterocycles. The summed E-state index contributed by atoms with van der Waals surface area (Å²) < 4.78 is 1.29. The molecule has 0 spiro atoms. The zero-order valence-corrected chi connectivity index (χ0v) is 12.1. The van der Waals surface area contributed by atoms with Crippen molar-refractivity contribution >= 4 is 28.5 Å². The molecule has 2 rings (SSSR count). The summed E-state index contributed by atoms with van der Waals surface area (Å²) in [6.45, 7) is 1.52. The van der Waals surface area contributed by atoms with E-state index >= 15 is 0 Å². The highest BCUT2D eigenvalue weighted by Gasteiger charge is 2.28. The predicted octanol–water partition coefficient (Wildman–Crippen LogP) is 2.17. The lowest BCUT2D eigenvalue weighted by molar-refractivity contribution is -0.122. The monoisotopic (exact) mass is 344 g/mol. The Morgan fingerprint density at radius 1 is 1.53 bits per heavy atom. The van der Waals surface area contributed by atoms with E-state index in [1.165, 1.54) is 15.6 Å². The number of amides is 1. The van der Waals surface area contributed by atoms with E-state index in [2.05, 4.69) is 57.1 Å². The van der Waals surface area contributed by atoms with Gasteiger partial charge in [-0.15, -0.1) is 0 Å². The molecule has 1 aromatic rings. The lowest BCUT2D eigenvalue weighted by Gasteiger charge is -2.24. The molecule has 1 saturated heterocycles. The van der Waals surface area contributed by atoms with Crippen LogP contribution in [0.3, 0.4) is 0 Å². The molecule has 1 fully saturated rings. The third-order valence-electron chi connectivity index (χ3n) is 3.25. The summed E-state index contributed by atoms with van der Waals surface area (Å²) in [5, 5.41) is 2.70. The Bertz CT molecular complexity index is 408. The van der Waals surface area contributed by atoms with Crippen LogP contribution in [0.4, 0.5) is 0 Å². The molecular formula is C13H17IN2O. The van der Waals surface area contributed by atoms with Gasteiger partial charge < -0.3 is 5.32 Å². The first kappa shape index (κ1) is 12.8. The van der Waals surface area contributed by atoms with Crippen LogP contribution in [0.25, 0.3) is 0 Å². The zero-order valence-electron chi connectivity index (χ0n) is 9.95. The number of carbonyl (C=O) groups is 1. The molecule has 4 heteroatoms. The molecule has 0 aliphatic carbocycles. The van der Waals surface area contributed by atoms with Gasteiger partial charge in [0.15, 0.2) is 0 Å². The summed E-state index contributed by atoms with van der Waals surface area (Å²) in [4.78, 5) is 13.7. The van der Waals surface area contributed by atoms with Gasteiger partial charge in [0.25, 0.3) is 0 Å². The van der Waals surface area contributed by atoms with Gasteiger partial charge >= 0.3 is 0 Å². The Kier molecular flexibility index (Phi) is 4.39. The number of benzene rings is 1. The molecule has 0 radical (unpaired) electrons. The van der Waals surface area contributed by atoms with Gasteiger partial charge in [-0.1, -0.05) is 18.2 Å². The lowest BCUT2D eigenvalue weighted by atomic mass is 10.0. The van der Waals surface area contributed by atoms with E-state index in [-0.39, 0.29) is 5.91 Å². The van der Waals surface area contributed by atoms with Gasteiger partial charge in [-0.25, -0.2) is 0 Å². The first-order valence-corrected chi connectivity index (χ1v) is 6.99. The van der Waals surface area contributed by atoms with Crippen molar-refractivity contribution in [2.75, 3.05) is 20.1 Å². The second kappa shape index (κ2) is 5.82. The van der Waals surface area contributed by atoms with E-state index < -0.39 is 0 Å². The summed E-state index contributed by atoms with van der Waals surface area (Å²) in [6, 6.07) is 8.85. The van der Waals surface area contributed by atoms with Crippen LogP contribution in [-0.2, 0) is 4.79 Å². The van der Waals surface area contributed by atoms with Crippen LogP contribution in [-0.4, -0.2) is 30.9 Å². The maximum atomic E-state index is 11.5. The van der Waals surface area contributed by atoms with Gasteiger partial charge in [0.1, 0.15) is 0 Å². The number of nitrogens with one attached hydrogen (secondary N) is 1. The molecule has 0 saturated carbocycles. The SMILES string of the molecule is CNC(=O)CN1CCC[C@@H]1c1ccccc1I. The lowest BCUT2D eigenvalue weighted by Crippen LogP contribution is -2.35. The van der Waals surface area contributed by atoms with Crippen molar-refractivity contribution in [2.45, 2.75) is 18.9 Å². The van der Waals surface area contributed by atoms with Crippen LogP contribution < -0.4 is 5.32 Å². The fourth-order valence-electron chi connectivity index (χ4n) is 2.38. The minimum absolute atomic E-state index is 0.0999. The van der Waals surface area contributed by atoms with Crippen molar-refractivity contribution in [2.24, 2.45) is 0 Å². The van der Waals surface area contributed by atoms with E-state index in [1.807, 2.05) is 0 Å². The van der Waals surface area contributed by atoms with E-state index in [4.69, 9.17) is 0 Å². The normalized spacial score (nSPS) is 20.5. The Morgan fingerprint density at radius 2 is 2.29 bits per heavy atom. The van der Waals surface area contributed by atoms with Crippen LogP contribution in [0.5, 0.6) is 0 Å². The van der Waals surface area contributed by atoms with Gasteiger partial charge in [0.05, 0.1) is 6.54 Å². The highest BCUT2D eigenvalue weighted by Crippen LogP contribution is 2.33. The maximum Gasteiger partial charge on any atom is 0.233 e. The third kappa shape index (κ3) is 2.98. The molecule has 1 amide bonds. The Balaban J connectivity index is 2.14. The number of nitrogens with zero attached hydrogens (tertiary/aromatic N) is 1. The van der Waals surface area contributed by atoms with Crippen molar-refractivity contribution < 1.29 is 4.79 Å². The number of likely N-dealkylation sites (tertiary alicyclic amines) is 1. The number of likely N-dealkylation sites (N-methyl/N-ethyl adjacent to an activating group) is 1. The fourth-order valence-corrected chi connectivity index (χ4v) is 3.12. The average molecular weight is 344 g/mol. The quantitative estimate of drug-likeness (QED) is 0.853. The van der Waals surface area contributed by atoms with Gasteiger partial charge in [-0.05, 0) is 53.6 Å². The molecule has 0 unspecified atom stereocenters. The second-order valence-corrected chi connectivity index (χ2v) is 5.49. The molecule has 17 heavy (non-hydrogen) atoms. The highest BCUT2D eigenvalue weighted by atomic mass is 127.